The number of allylic oxidation sites excluding steroid dienone is 2. The Balaban J connectivity index is 1.69. The zero-order valence-corrected chi connectivity index (χ0v) is 16.1. The number of aliphatic hydroxyl groups is 1. The molecule has 4 heteroatoms. The lowest BCUT2D eigenvalue weighted by molar-refractivity contribution is -0.132. The molecule has 0 radical (unpaired) electrons. The molecule has 3 fully saturated rings. The lowest BCUT2D eigenvalue weighted by atomic mass is 9.48. The minimum absolute atomic E-state index is 0.261. The Bertz CT molecular complexity index is 735. The van der Waals surface area contributed by atoms with Crippen LogP contribution in [0.5, 0.6) is 0 Å². The van der Waals surface area contributed by atoms with Crippen molar-refractivity contribution < 1.29 is 19.8 Å². The molecule has 0 aromatic heterocycles. The molecule has 0 amide bonds. The number of aliphatic carboxylic acids is 1. The third-order valence-corrected chi connectivity index (χ3v) is 8.41. The molecule has 0 bridgehead atoms. The Morgan fingerprint density at radius 2 is 2.07 bits per heavy atom. The minimum atomic E-state index is -1.05. The summed E-state index contributed by atoms with van der Waals surface area (Å²) >= 11 is 0. The summed E-state index contributed by atoms with van der Waals surface area (Å²) in [5.41, 5.74) is -0.0293. The second-order valence-electron chi connectivity index (χ2n) is 9.37. The molecule has 7 atom stereocenters. The van der Waals surface area contributed by atoms with Crippen molar-refractivity contribution in [2.24, 2.45) is 35.0 Å². The van der Waals surface area contributed by atoms with Gasteiger partial charge in [-0.1, -0.05) is 18.6 Å². The predicted molar refractivity (Wildman–Crippen MR) is 103 cm³/mol. The normalized spacial score (nSPS) is 46.4. The van der Waals surface area contributed by atoms with Gasteiger partial charge in [-0.25, -0.2) is 4.79 Å². The Morgan fingerprint density at radius 1 is 1.30 bits per heavy atom. The minimum Gasteiger partial charge on any atom is -0.478 e. The zero-order chi connectivity index (χ0) is 19.4. The summed E-state index contributed by atoms with van der Waals surface area (Å²) in [5, 5.41) is 20.4. The van der Waals surface area contributed by atoms with Crippen LogP contribution in [0.15, 0.2) is 36.5 Å². The molecule has 4 rings (SSSR count). The Morgan fingerprint density at radius 3 is 2.78 bits per heavy atom. The average Bonchev–Trinajstić information content (AvgIpc) is 2.90. The van der Waals surface area contributed by atoms with Gasteiger partial charge in [0.05, 0.1) is 5.60 Å². The van der Waals surface area contributed by atoms with E-state index in [1.807, 2.05) is 6.08 Å². The Labute approximate surface area is 161 Å². The molecule has 0 unspecified atom stereocenters. The number of hydrogen-bond acceptors (Lipinski definition) is 3. The molecule has 0 aromatic carbocycles. The van der Waals surface area contributed by atoms with Gasteiger partial charge in [-0.15, -0.1) is 6.58 Å². The Hall–Kier alpha value is -1.68. The molecule has 27 heavy (non-hydrogen) atoms. The maximum Gasteiger partial charge on any atom is 0.328 e. The highest BCUT2D eigenvalue weighted by Gasteiger charge is 2.62. The van der Waals surface area contributed by atoms with Crippen molar-refractivity contribution in [3.8, 4) is 0 Å². The quantitative estimate of drug-likeness (QED) is 0.583. The molecule has 0 aliphatic heterocycles. The topological polar surface area (TPSA) is 74.6 Å². The van der Waals surface area contributed by atoms with Crippen LogP contribution in [0, 0.1) is 35.0 Å². The standard InChI is InChI=1S/C23H30O4/c1-3-14-12-15-13-16(24)4-5-17(15)18-6-9-22(2)19(21(14)18)7-10-23(22,27)11-8-20(25)26/h3,8,11,13-14,17-19,21,27H,1,4-7,9-10,12H2,2H3,(H,25,26)/b11-8-/t14-,17-,18+,19-,21+,22-,23+/m0/s1. The van der Waals surface area contributed by atoms with Crippen LogP contribution in [0.25, 0.3) is 0 Å². The number of carbonyl (C=O) groups is 2. The van der Waals surface area contributed by atoms with Gasteiger partial charge in [-0.3, -0.25) is 4.79 Å². The molecule has 4 aliphatic rings. The number of rotatable bonds is 3. The number of fused-ring (bicyclic) bond motifs is 5. The van der Waals surface area contributed by atoms with Gasteiger partial charge in [0.25, 0.3) is 0 Å². The van der Waals surface area contributed by atoms with E-state index in [9.17, 15) is 14.7 Å². The van der Waals surface area contributed by atoms with Gasteiger partial charge >= 0.3 is 5.97 Å². The maximum absolute atomic E-state index is 11.9. The first-order chi connectivity index (χ1) is 12.8. The van der Waals surface area contributed by atoms with Crippen LogP contribution in [-0.4, -0.2) is 27.6 Å². The average molecular weight is 370 g/mol. The van der Waals surface area contributed by atoms with Crippen molar-refractivity contribution in [3.63, 3.8) is 0 Å². The first kappa shape index (κ1) is 18.7. The van der Waals surface area contributed by atoms with Crippen molar-refractivity contribution in [2.45, 2.75) is 57.5 Å². The van der Waals surface area contributed by atoms with Crippen LogP contribution in [0.2, 0.25) is 0 Å². The summed E-state index contributed by atoms with van der Waals surface area (Å²) in [4.78, 5) is 23.0. The molecular formula is C23H30O4. The van der Waals surface area contributed by atoms with E-state index in [1.165, 1.54) is 11.6 Å². The van der Waals surface area contributed by atoms with E-state index in [0.29, 0.717) is 42.4 Å². The summed E-state index contributed by atoms with van der Waals surface area (Å²) in [5.74, 6) is 1.45. The van der Waals surface area contributed by atoms with Gasteiger partial charge in [0.2, 0.25) is 0 Å². The number of hydrogen-bond donors (Lipinski definition) is 2. The number of ketones is 1. The van der Waals surface area contributed by atoms with Crippen LogP contribution >= 0.6 is 0 Å². The summed E-state index contributed by atoms with van der Waals surface area (Å²) in [6, 6.07) is 0. The number of carboxylic acid groups (broad SMARTS) is 1. The van der Waals surface area contributed by atoms with E-state index in [-0.39, 0.29) is 11.2 Å². The van der Waals surface area contributed by atoms with E-state index < -0.39 is 11.6 Å². The predicted octanol–water partition coefficient (Wildman–Crippen LogP) is 3.91. The highest BCUT2D eigenvalue weighted by molar-refractivity contribution is 5.91. The first-order valence-electron chi connectivity index (χ1n) is 10.3. The lowest BCUT2D eigenvalue weighted by Crippen LogP contribution is -2.53. The molecular weight excluding hydrogens is 340 g/mol. The maximum atomic E-state index is 11.9. The molecule has 0 saturated heterocycles. The van der Waals surface area contributed by atoms with Gasteiger partial charge in [0.15, 0.2) is 5.78 Å². The van der Waals surface area contributed by atoms with Crippen LogP contribution in [0.4, 0.5) is 0 Å². The fraction of sp³-hybridized carbons (Fsp3) is 0.652. The second kappa shape index (κ2) is 6.44. The number of carboxylic acids is 1. The first-order valence-corrected chi connectivity index (χ1v) is 10.3. The molecule has 4 nitrogen and oxygen atoms in total. The fourth-order valence-electron chi connectivity index (χ4n) is 7.06. The van der Waals surface area contributed by atoms with E-state index in [4.69, 9.17) is 5.11 Å². The fourth-order valence-corrected chi connectivity index (χ4v) is 7.06. The van der Waals surface area contributed by atoms with Gasteiger partial charge in [0, 0.05) is 17.9 Å². The van der Waals surface area contributed by atoms with Crippen LogP contribution in [-0.2, 0) is 9.59 Å². The largest absolute Gasteiger partial charge is 0.478 e. The molecule has 146 valence electrons. The van der Waals surface area contributed by atoms with Crippen molar-refractivity contribution in [2.75, 3.05) is 0 Å². The lowest BCUT2D eigenvalue weighted by Gasteiger charge is -2.57. The second-order valence-corrected chi connectivity index (χ2v) is 9.37. The molecule has 0 aromatic rings. The van der Waals surface area contributed by atoms with Crippen molar-refractivity contribution in [3.05, 3.63) is 36.5 Å². The molecule has 4 aliphatic carbocycles. The number of carbonyl (C=O) groups excluding carboxylic acids is 1. The Kier molecular flexibility index (Phi) is 4.45. The van der Waals surface area contributed by atoms with Gasteiger partial charge in [-0.2, -0.15) is 0 Å². The van der Waals surface area contributed by atoms with Gasteiger partial charge in [-0.05, 0) is 80.3 Å². The van der Waals surface area contributed by atoms with E-state index in [1.54, 1.807) is 0 Å². The van der Waals surface area contributed by atoms with Crippen molar-refractivity contribution >= 4 is 11.8 Å². The zero-order valence-electron chi connectivity index (χ0n) is 16.1. The van der Waals surface area contributed by atoms with Crippen molar-refractivity contribution in [1.29, 1.82) is 0 Å². The summed E-state index contributed by atoms with van der Waals surface area (Å²) in [7, 11) is 0. The molecule has 2 N–H and O–H groups in total. The molecule has 0 heterocycles. The van der Waals surface area contributed by atoms with E-state index in [0.717, 1.165) is 38.2 Å². The van der Waals surface area contributed by atoms with Gasteiger partial charge in [0.1, 0.15) is 0 Å². The SMILES string of the molecule is C=C[C@H]1CC2=CC(=O)CC[C@@H]2[C@H]2CC[C@@]3(C)[C@@H](CC[C@@]3(O)/C=C\C(=O)O)[C@@H]21. The monoisotopic (exact) mass is 370 g/mol. The van der Waals surface area contributed by atoms with Crippen LogP contribution in [0.3, 0.4) is 0 Å². The third kappa shape index (κ3) is 2.75. The smallest absolute Gasteiger partial charge is 0.328 e. The molecule has 0 spiro atoms. The van der Waals surface area contributed by atoms with Crippen LogP contribution in [0.1, 0.15) is 51.9 Å². The summed E-state index contributed by atoms with van der Waals surface area (Å²) in [6.45, 7) is 6.25. The van der Waals surface area contributed by atoms with E-state index in [2.05, 4.69) is 19.6 Å². The van der Waals surface area contributed by atoms with E-state index >= 15 is 0 Å². The van der Waals surface area contributed by atoms with Crippen molar-refractivity contribution in [1.82, 2.24) is 0 Å². The van der Waals surface area contributed by atoms with Crippen LogP contribution < -0.4 is 0 Å². The molecule has 3 saturated carbocycles. The summed E-state index contributed by atoms with van der Waals surface area (Å²) in [6.07, 6.45) is 12.6. The highest BCUT2D eigenvalue weighted by Crippen LogP contribution is 2.66. The van der Waals surface area contributed by atoms with Gasteiger partial charge < -0.3 is 10.2 Å². The third-order valence-electron chi connectivity index (χ3n) is 8.41. The highest BCUT2D eigenvalue weighted by atomic mass is 16.4. The summed E-state index contributed by atoms with van der Waals surface area (Å²) < 4.78 is 0.